The van der Waals surface area contributed by atoms with Crippen LogP contribution in [0.1, 0.15) is 15.9 Å². The number of carbonyl (C=O) groups excluding carboxylic acids is 1. The molecule has 1 amide bonds. The SMILES string of the molecule is COc1ccc(Cl)cc1NC(=O)c1cc2ccccc2c(N=Nc2cc(S(=O)(=O)O)cc(C)c2Cl)c1[O-].[Na+]. The number of methoxy groups -OCH3 is 1. The maximum absolute atomic E-state index is 13.4. The second-order valence-electron chi connectivity index (χ2n) is 7.87. The molecule has 0 unspecified atom stereocenters. The van der Waals surface area contributed by atoms with Crippen molar-refractivity contribution in [3.05, 3.63) is 81.8 Å². The van der Waals surface area contributed by atoms with Gasteiger partial charge in [-0.1, -0.05) is 53.2 Å². The number of hydrogen-bond donors (Lipinski definition) is 2. The van der Waals surface area contributed by atoms with E-state index >= 15 is 0 Å². The third-order valence-corrected chi connectivity index (χ3v) is 6.95. The Balaban J connectivity index is 0.00000400. The first kappa shape index (κ1) is 29.9. The first-order chi connectivity index (χ1) is 17.5. The van der Waals surface area contributed by atoms with Crippen molar-refractivity contribution in [2.75, 3.05) is 12.4 Å². The van der Waals surface area contributed by atoms with Crippen molar-refractivity contribution in [2.45, 2.75) is 11.8 Å². The molecular weight excluding hydrogens is 564 g/mol. The standard InChI is InChI=1S/C25H19Cl2N3O6S.Na/c1-13-9-16(37(33,34)35)12-20(22(13)27)29-30-23-17-6-4-3-5-14(17)10-18(24(23)31)25(32)28-19-11-15(26)7-8-21(19)36-2;/h3-12,31H,1-2H3,(H,28,32)(H,33,34,35);/q;+1/p-1. The summed E-state index contributed by atoms with van der Waals surface area (Å²) in [5.41, 5.74) is 0.119. The summed E-state index contributed by atoms with van der Waals surface area (Å²) in [6, 6.07) is 15.0. The fourth-order valence-corrected chi connectivity index (χ4v) is 4.49. The predicted molar refractivity (Wildman–Crippen MR) is 140 cm³/mol. The Morgan fingerprint density at radius 3 is 2.45 bits per heavy atom. The van der Waals surface area contributed by atoms with Gasteiger partial charge in [-0.2, -0.15) is 13.5 Å². The molecule has 0 saturated carbocycles. The van der Waals surface area contributed by atoms with Crippen LogP contribution >= 0.6 is 23.2 Å². The zero-order valence-corrected chi connectivity index (χ0v) is 24.6. The predicted octanol–water partition coefficient (Wildman–Crippen LogP) is 3.46. The van der Waals surface area contributed by atoms with E-state index in [1.165, 1.54) is 32.2 Å². The van der Waals surface area contributed by atoms with Crippen LogP contribution in [0.4, 0.5) is 17.1 Å². The first-order valence-electron chi connectivity index (χ1n) is 10.6. The van der Waals surface area contributed by atoms with Crippen molar-refractivity contribution in [2.24, 2.45) is 10.2 Å². The molecule has 0 aliphatic rings. The van der Waals surface area contributed by atoms with Gasteiger partial charge in [0.2, 0.25) is 0 Å². The minimum absolute atomic E-state index is 0. The van der Waals surface area contributed by atoms with Crippen LogP contribution in [0.15, 0.2) is 75.8 Å². The van der Waals surface area contributed by atoms with Gasteiger partial charge in [-0.25, -0.2) is 0 Å². The van der Waals surface area contributed by atoms with Gasteiger partial charge in [0.05, 0.1) is 28.4 Å². The summed E-state index contributed by atoms with van der Waals surface area (Å²) in [4.78, 5) is 12.7. The average molecular weight is 582 g/mol. The smallest absolute Gasteiger partial charge is 0.870 e. The molecular formula is C25H18Cl2N3NaO6S. The molecule has 9 nitrogen and oxygen atoms in total. The average Bonchev–Trinajstić information content (AvgIpc) is 2.84. The number of halogens is 2. The second-order valence-corrected chi connectivity index (χ2v) is 10.1. The minimum Gasteiger partial charge on any atom is -0.870 e. The summed E-state index contributed by atoms with van der Waals surface area (Å²) in [7, 11) is -3.11. The number of fused-ring (bicyclic) bond motifs is 1. The Morgan fingerprint density at radius 2 is 1.76 bits per heavy atom. The fraction of sp³-hybridized carbons (Fsp3) is 0.0800. The molecule has 0 aliphatic carbocycles. The van der Waals surface area contributed by atoms with Crippen molar-refractivity contribution < 1.29 is 57.2 Å². The zero-order valence-electron chi connectivity index (χ0n) is 20.3. The van der Waals surface area contributed by atoms with Gasteiger partial charge >= 0.3 is 29.6 Å². The van der Waals surface area contributed by atoms with Crippen LogP contribution in [0.5, 0.6) is 11.5 Å². The summed E-state index contributed by atoms with van der Waals surface area (Å²) in [5.74, 6) is -1.11. The summed E-state index contributed by atoms with van der Waals surface area (Å²) in [6.45, 7) is 1.53. The molecule has 38 heavy (non-hydrogen) atoms. The van der Waals surface area contributed by atoms with E-state index in [0.717, 1.165) is 6.07 Å². The Labute approximate surface area is 250 Å². The van der Waals surface area contributed by atoms with Gasteiger partial charge in [-0.3, -0.25) is 9.35 Å². The number of hydrogen-bond acceptors (Lipinski definition) is 7. The van der Waals surface area contributed by atoms with E-state index in [0.29, 0.717) is 27.1 Å². The molecule has 4 aromatic carbocycles. The number of ether oxygens (including phenoxy) is 1. The quantitative estimate of drug-likeness (QED) is 0.203. The molecule has 0 bridgehead atoms. The van der Waals surface area contributed by atoms with Crippen LogP contribution in [0, 0.1) is 6.92 Å². The topological polar surface area (TPSA) is 140 Å². The van der Waals surface area contributed by atoms with Gasteiger partial charge < -0.3 is 15.2 Å². The van der Waals surface area contributed by atoms with Gasteiger partial charge in [0.1, 0.15) is 11.4 Å². The van der Waals surface area contributed by atoms with Gasteiger partial charge in [0, 0.05) is 16.0 Å². The van der Waals surface area contributed by atoms with Crippen LogP contribution in [0.25, 0.3) is 10.8 Å². The van der Waals surface area contributed by atoms with Crippen molar-refractivity contribution in [1.29, 1.82) is 0 Å². The molecule has 13 heteroatoms. The summed E-state index contributed by atoms with van der Waals surface area (Å²) in [6.07, 6.45) is 0. The molecule has 190 valence electrons. The van der Waals surface area contributed by atoms with Crippen molar-refractivity contribution in [3.63, 3.8) is 0 Å². The van der Waals surface area contributed by atoms with Crippen LogP contribution in [0.2, 0.25) is 10.0 Å². The largest absolute Gasteiger partial charge is 1.00 e. The number of rotatable bonds is 6. The maximum atomic E-state index is 13.4. The van der Waals surface area contributed by atoms with Crippen molar-refractivity contribution in [1.82, 2.24) is 0 Å². The summed E-state index contributed by atoms with van der Waals surface area (Å²) in [5, 5.41) is 25.4. The Hall–Kier alpha value is -2.70. The van der Waals surface area contributed by atoms with Gasteiger partial charge in [0.25, 0.3) is 16.0 Å². The third-order valence-electron chi connectivity index (χ3n) is 5.39. The van der Waals surface area contributed by atoms with Crippen molar-refractivity contribution in [3.8, 4) is 11.5 Å². The van der Waals surface area contributed by atoms with Crippen LogP contribution in [-0.2, 0) is 10.1 Å². The molecule has 0 aromatic heterocycles. The number of aryl methyl sites for hydroxylation is 1. The second kappa shape index (κ2) is 12.0. The van der Waals surface area contributed by atoms with E-state index in [2.05, 4.69) is 15.5 Å². The normalized spacial score (nSPS) is 11.4. The van der Waals surface area contributed by atoms with Crippen LogP contribution in [-0.4, -0.2) is 26.0 Å². The minimum atomic E-state index is -4.54. The van der Waals surface area contributed by atoms with E-state index in [4.69, 9.17) is 27.9 Å². The number of nitrogens with one attached hydrogen (secondary N) is 1. The summed E-state index contributed by atoms with van der Waals surface area (Å²) < 4.78 is 37.9. The van der Waals surface area contributed by atoms with E-state index in [-0.39, 0.29) is 57.2 Å². The number of benzene rings is 4. The molecule has 4 rings (SSSR count). The molecule has 0 spiro atoms. The van der Waals surface area contributed by atoms with E-state index < -0.39 is 26.7 Å². The Bertz CT molecular complexity index is 1700. The number of anilines is 1. The number of nitrogens with zero attached hydrogens (tertiary/aromatic N) is 2. The monoisotopic (exact) mass is 581 g/mol. The molecule has 2 N–H and O–H groups in total. The van der Waals surface area contributed by atoms with Crippen molar-refractivity contribution >= 4 is 67.1 Å². The molecule has 0 heterocycles. The van der Waals surface area contributed by atoms with Gasteiger partial charge in [0.15, 0.2) is 0 Å². The zero-order chi connectivity index (χ0) is 26.9. The maximum Gasteiger partial charge on any atom is 1.00 e. The first-order valence-corrected chi connectivity index (χ1v) is 12.8. The number of amides is 1. The fourth-order valence-electron chi connectivity index (χ4n) is 3.59. The number of carbonyl (C=O) groups is 1. The van der Waals surface area contributed by atoms with E-state index in [9.17, 15) is 22.9 Å². The molecule has 0 fully saturated rings. The van der Waals surface area contributed by atoms with E-state index in [1.54, 1.807) is 36.4 Å². The van der Waals surface area contributed by atoms with Gasteiger partial charge in [-0.15, -0.1) is 5.11 Å². The number of azo groups is 1. The molecule has 0 aliphatic heterocycles. The van der Waals surface area contributed by atoms with Gasteiger partial charge in [-0.05, 0) is 54.3 Å². The Morgan fingerprint density at radius 1 is 1.05 bits per heavy atom. The van der Waals surface area contributed by atoms with Crippen LogP contribution < -0.4 is 44.7 Å². The van der Waals surface area contributed by atoms with E-state index in [1.807, 2.05) is 0 Å². The molecule has 4 aromatic rings. The molecule has 0 radical (unpaired) electrons. The summed E-state index contributed by atoms with van der Waals surface area (Å²) >= 11 is 12.3. The molecule has 0 saturated heterocycles. The van der Waals surface area contributed by atoms with Crippen LogP contribution in [0.3, 0.4) is 0 Å². The third kappa shape index (κ3) is 6.29. The molecule has 0 atom stereocenters. The Kier molecular flexibility index (Phi) is 9.43.